The number of imidazole rings is 1. The number of aliphatic carboxylic acids is 2. The number of amides is 9. The molecule has 0 saturated carbocycles. The van der Waals surface area contributed by atoms with Crippen molar-refractivity contribution in [2.45, 2.75) is 127 Å². The summed E-state index contributed by atoms with van der Waals surface area (Å²) < 4.78 is 0. The molecule has 2 heterocycles. The minimum Gasteiger partial charge on any atom is -0.481 e. The van der Waals surface area contributed by atoms with Crippen LogP contribution >= 0.6 is 0 Å². The molecule has 26 heteroatoms. The zero-order valence-electron chi connectivity index (χ0n) is 36.7. The van der Waals surface area contributed by atoms with Crippen LogP contribution in [0.15, 0.2) is 12.5 Å². The first kappa shape index (κ1) is 54.4. The van der Waals surface area contributed by atoms with E-state index >= 15 is 0 Å². The van der Waals surface area contributed by atoms with Crippen molar-refractivity contribution in [3.8, 4) is 0 Å². The number of aromatic nitrogens is 2. The predicted octanol–water partition coefficient (Wildman–Crippen LogP) is -5.05. The molecule has 1 aliphatic rings. The molecule has 0 aliphatic carbocycles. The second-order valence-corrected chi connectivity index (χ2v) is 15.9. The Morgan fingerprint density at radius 2 is 1.42 bits per heavy atom. The molecule has 1 aliphatic heterocycles. The molecule has 2 rings (SSSR count). The smallest absolute Gasteiger partial charge is 0.326 e. The molecule has 1 aromatic rings. The van der Waals surface area contributed by atoms with E-state index in [0.717, 1.165) is 0 Å². The number of nitrogens with zero attached hydrogens (tertiary/aromatic N) is 2. The van der Waals surface area contributed by atoms with Gasteiger partial charge < -0.3 is 74.5 Å². The number of likely N-dealkylation sites (tertiary alicyclic amines) is 1. The third-order valence-corrected chi connectivity index (χ3v) is 10.1. The van der Waals surface area contributed by atoms with E-state index in [9.17, 15) is 63.0 Å². The third kappa shape index (κ3) is 19.3. The van der Waals surface area contributed by atoms with Crippen LogP contribution in [-0.4, -0.2) is 159 Å². The number of H-pyrrole nitrogens is 1. The lowest BCUT2D eigenvalue weighted by atomic mass is 10.0. The van der Waals surface area contributed by atoms with Crippen LogP contribution in [0.2, 0.25) is 0 Å². The molecule has 0 spiro atoms. The first-order valence-electron chi connectivity index (χ1n) is 21.2. The van der Waals surface area contributed by atoms with E-state index in [1.165, 1.54) is 24.3 Å². The summed E-state index contributed by atoms with van der Waals surface area (Å²) in [6, 6.07) is -9.49. The quantitative estimate of drug-likeness (QED) is 0.0335. The van der Waals surface area contributed by atoms with Gasteiger partial charge >= 0.3 is 11.9 Å². The molecule has 65 heavy (non-hydrogen) atoms. The lowest BCUT2D eigenvalue weighted by Crippen LogP contribution is -2.60. The molecule has 7 atom stereocenters. The van der Waals surface area contributed by atoms with Crippen LogP contribution in [0.5, 0.6) is 0 Å². The first-order valence-corrected chi connectivity index (χ1v) is 21.2. The number of carbonyl (C=O) groups excluding carboxylic acids is 9. The Labute approximate surface area is 374 Å². The minimum atomic E-state index is -1.82. The van der Waals surface area contributed by atoms with E-state index in [0.29, 0.717) is 25.8 Å². The summed E-state index contributed by atoms with van der Waals surface area (Å²) in [5.41, 5.74) is 16.2. The molecule has 0 aromatic carbocycles. The molecular weight excluding hydrogens is 859 g/mol. The highest BCUT2D eigenvalue weighted by Gasteiger charge is 2.37. The molecule has 0 bridgehead atoms. The number of rotatable bonds is 29. The summed E-state index contributed by atoms with van der Waals surface area (Å²) in [5.74, 6) is -10.6. The number of carbonyl (C=O) groups is 11. The largest absolute Gasteiger partial charge is 0.481 e. The average Bonchev–Trinajstić information content (AvgIpc) is 3.95. The molecule has 362 valence electrons. The molecular formula is C39H63N13O13. The Bertz CT molecular complexity index is 1850. The second-order valence-electron chi connectivity index (χ2n) is 15.9. The monoisotopic (exact) mass is 921 g/mol. The van der Waals surface area contributed by atoms with Gasteiger partial charge in [0.1, 0.15) is 42.3 Å². The maximum Gasteiger partial charge on any atom is 0.326 e. The second kappa shape index (κ2) is 27.5. The van der Waals surface area contributed by atoms with Gasteiger partial charge in [0.2, 0.25) is 53.2 Å². The van der Waals surface area contributed by atoms with Crippen molar-refractivity contribution in [3.05, 3.63) is 18.2 Å². The third-order valence-electron chi connectivity index (χ3n) is 10.1. The van der Waals surface area contributed by atoms with Crippen LogP contribution in [0.3, 0.4) is 0 Å². The fraction of sp³-hybridized carbons (Fsp3) is 0.641. The van der Waals surface area contributed by atoms with Gasteiger partial charge in [0, 0.05) is 25.6 Å². The van der Waals surface area contributed by atoms with Crippen LogP contribution in [0, 0.1) is 5.92 Å². The highest BCUT2D eigenvalue weighted by atomic mass is 16.4. The van der Waals surface area contributed by atoms with Crippen LogP contribution in [0.1, 0.15) is 84.3 Å². The average molecular weight is 922 g/mol. The summed E-state index contributed by atoms with van der Waals surface area (Å²) in [6.45, 7) is 4.28. The van der Waals surface area contributed by atoms with E-state index < -0.39 is 127 Å². The highest BCUT2D eigenvalue weighted by Crippen LogP contribution is 2.18. The summed E-state index contributed by atoms with van der Waals surface area (Å²) in [6.07, 6.45) is 2.71. The fourth-order valence-electron chi connectivity index (χ4n) is 6.69. The van der Waals surface area contributed by atoms with Crippen molar-refractivity contribution in [1.29, 1.82) is 0 Å². The van der Waals surface area contributed by atoms with Gasteiger partial charge in [-0.25, -0.2) is 9.78 Å². The van der Waals surface area contributed by atoms with Crippen molar-refractivity contribution in [2.75, 3.05) is 26.2 Å². The van der Waals surface area contributed by atoms with Gasteiger partial charge in [-0.05, 0) is 64.3 Å². The molecule has 0 unspecified atom stereocenters. The number of carboxylic acids is 2. The molecule has 16 N–H and O–H groups in total. The Morgan fingerprint density at radius 3 is 2.00 bits per heavy atom. The van der Waals surface area contributed by atoms with Gasteiger partial charge in [-0.3, -0.25) is 47.9 Å². The van der Waals surface area contributed by atoms with Crippen molar-refractivity contribution in [1.82, 2.24) is 52.1 Å². The number of carboxylic acid groups (broad SMARTS) is 2. The summed E-state index contributed by atoms with van der Waals surface area (Å²) >= 11 is 0. The van der Waals surface area contributed by atoms with E-state index in [1.54, 1.807) is 13.8 Å². The first-order chi connectivity index (χ1) is 30.7. The van der Waals surface area contributed by atoms with E-state index in [4.69, 9.17) is 17.2 Å². The van der Waals surface area contributed by atoms with Gasteiger partial charge in [0.25, 0.3) is 0 Å². The minimum absolute atomic E-state index is 0.0283. The summed E-state index contributed by atoms with van der Waals surface area (Å²) in [4.78, 5) is 149. The van der Waals surface area contributed by atoms with E-state index in [1.807, 2.05) is 0 Å². The van der Waals surface area contributed by atoms with Crippen molar-refractivity contribution in [2.24, 2.45) is 23.1 Å². The van der Waals surface area contributed by atoms with E-state index in [2.05, 4.69) is 47.2 Å². The van der Waals surface area contributed by atoms with Crippen LogP contribution < -0.4 is 54.4 Å². The number of hydrogen-bond donors (Lipinski definition) is 13. The zero-order valence-corrected chi connectivity index (χ0v) is 36.7. The fourth-order valence-corrected chi connectivity index (χ4v) is 6.69. The number of nitrogens with one attached hydrogen (secondary N) is 8. The Kier molecular flexibility index (Phi) is 23.0. The number of unbranched alkanes of at least 4 members (excludes halogenated alkanes) is 1. The standard InChI is InChI=1S/C39H63N13O13/c1-20(2)13-25(35(60)46-21(3)33(58)44-18-31(55)52-12-6-8-28(52)38(63)48-24(39(64)65)7-4-5-11-40)49-36(61)26(14-22-17-43-19-45-22)50-37(62)27(15-32(56)57)51-34(59)23(9-10-29(42)53)47-30(54)16-41/h17,19-21,23-28H,4-16,18,40-41H2,1-3H3,(H2,42,53)(H,43,45)(H,44,58)(H,46,60)(H,47,54)(H,48,63)(H,49,61)(H,50,62)(H,51,59)(H,56,57)(H,64,65)/t21-,23-,24-,25-,26-,27-,28-/m0/s1. The number of primary amides is 1. The maximum atomic E-state index is 13.9. The molecule has 26 nitrogen and oxygen atoms in total. The van der Waals surface area contributed by atoms with Gasteiger partial charge in [0.15, 0.2) is 0 Å². The molecule has 9 amide bonds. The van der Waals surface area contributed by atoms with Crippen LogP contribution in [-0.2, 0) is 59.2 Å². The molecule has 1 fully saturated rings. The van der Waals surface area contributed by atoms with Gasteiger partial charge in [-0.15, -0.1) is 0 Å². The number of nitrogens with two attached hydrogens (primary N) is 3. The predicted molar refractivity (Wildman–Crippen MR) is 227 cm³/mol. The lowest BCUT2D eigenvalue weighted by Gasteiger charge is -2.27. The normalized spacial score (nSPS) is 16.1. The van der Waals surface area contributed by atoms with Gasteiger partial charge in [0.05, 0.1) is 31.5 Å². The zero-order chi connectivity index (χ0) is 48.8. The van der Waals surface area contributed by atoms with Crippen molar-refractivity contribution < 1.29 is 63.0 Å². The highest BCUT2D eigenvalue weighted by molar-refractivity contribution is 5.98. The van der Waals surface area contributed by atoms with E-state index in [-0.39, 0.29) is 56.7 Å². The molecule has 1 saturated heterocycles. The SMILES string of the molecule is CC(C)C[C@H](NC(=O)[C@H](Cc1c[nH]cn1)NC(=O)[C@H](CC(=O)O)NC(=O)[C@H](CCC(N)=O)NC(=O)CN)C(=O)N[C@@H](C)C(=O)NCC(=O)N1CCC[C@H]1C(=O)N[C@@H](CCCCN)C(=O)O. The van der Waals surface area contributed by atoms with Gasteiger partial charge in [-0.2, -0.15) is 0 Å². The van der Waals surface area contributed by atoms with Crippen molar-refractivity contribution in [3.63, 3.8) is 0 Å². The van der Waals surface area contributed by atoms with Gasteiger partial charge in [-0.1, -0.05) is 13.8 Å². The van der Waals surface area contributed by atoms with Crippen LogP contribution in [0.4, 0.5) is 0 Å². The number of hydrogen-bond acceptors (Lipinski definition) is 14. The summed E-state index contributed by atoms with van der Waals surface area (Å²) in [7, 11) is 0. The lowest BCUT2D eigenvalue weighted by molar-refractivity contribution is -0.144. The molecule has 0 radical (unpaired) electrons. The Morgan fingerprint density at radius 1 is 0.785 bits per heavy atom. The van der Waals surface area contributed by atoms with Crippen LogP contribution in [0.25, 0.3) is 0 Å². The van der Waals surface area contributed by atoms with Crippen molar-refractivity contribution >= 4 is 65.1 Å². The Balaban J connectivity index is 2.17. The molecule has 1 aromatic heterocycles. The Hall–Kier alpha value is -6.70. The maximum absolute atomic E-state index is 13.9. The number of aromatic amines is 1. The summed E-state index contributed by atoms with van der Waals surface area (Å²) in [5, 5.41) is 36.0. The topological polar surface area (TPSA) is 422 Å².